The molecule has 0 fully saturated rings. The lowest BCUT2D eigenvalue weighted by Crippen LogP contribution is -2.42. The normalized spacial score (nSPS) is 11.7. The van der Waals surface area contributed by atoms with Crippen LogP contribution in [0.4, 0.5) is 4.79 Å². The van der Waals surface area contributed by atoms with Crippen molar-refractivity contribution in [2.24, 2.45) is 5.73 Å². The number of carbonyl (C=O) groups is 2. The molecule has 1 aromatic heterocycles. The summed E-state index contributed by atoms with van der Waals surface area (Å²) in [6.45, 7) is 2.51. The molecule has 1 aromatic carbocycles. The van der Waals surface area contributed by atoms with Crippen molar-refractivity contribution in [1.82, 2.24) is 10.2 Å². The van der Waals surface area contributed by atoms with Gasteiger partial charge in [0.1, 0.15) is 5.76 Å². The predicted molar refractivity (Wildman–Crippen MR) is 86.3 cm³/mol. The number of primary amides is 1. The number of carbonyl (C=O) groups excluding carboxylic acids is 2. The van der Waals surface area contributed by atoms with E-state index in [9.17, 15) is 9.59 Å². The van der Waals surface area contributed by atoms with E-state index in [0.717, 1.165) is 5.56 Å². The first kappa shape index (κ1) is 16.6. The smallest absolute Gasteiger partial charge is 0.318 e. The Morgan fingerprint density at radius 2 is 1.96 bits per heavy atom. The monoisotopic (exact) mass is 315 g/mol. The van der Waals surface area contributed by atoms with Crippen LogP contribution in [0.2, 0.25) is 0 Å². The lowest BCUT2D eigenvalue weighted by Gasteiger charge is -2.24. The van der Waals surface area contributed by atoms with Crippen LogP contribution >= 0.6 is 0 Å². The molecule has 23 heavy (non-hydrogen) atoms. The Hall–Kier alpha value is -2.76. The molecule has 0 saturated heterocycles. The zero-order valence-electron chi connectivity index (χ0n) is 13.1. The van der Waals surface area contributed by atoms with Crippen LogP contribution in [0, 0.1) is 0 Å². The Bertz CT molecular complexity index is 626. The number of urea groups is 1. The molecule has 6 heteroatoms. The average molecular weight is 315 g/mol. The second-order valence-corrected chi connectivity index (χ2v) is 5.31. The van der Waals surface area contributed by atoms with Gasteiger partial charge in [0.15, 0.2) is 0 Å². The second-order valence-electron chi connectivity index (χ2n) is 5.31. The zero-order chi connectivity index (χ0) is 16.7. The first-order valence-corrected chi connectivity index (χ1v) is 7.47. The molecule has 122 valence electrons. The average Bonchev–Trinajstić information content (AvgIpc) is 3.06. The number of nitrogens with two attached hydrogens (primary N) is 1. The maximum atomic E-state index is 12.5. The van der Waals surface area contributed by atoms with Crippen LogP contribution in [0.5, 0.6) is 0 Å². The molecule has 0 spiro atoms. The van der Waals surface area contributed by atoms with Crippen LogP contribution in [0.1, 0.15) is 30.7 Å². The maximum absolute atomic E-state index is 12.5. The van der Waals surface area contributed by atoms with Crippen LogP contribution in [0.3, 0.4) is 0 Å². The number of hydrogen-bond acceptors (Lipinski definition) is 3. The highest BCUT2D eigenvalue weighted by atomic mass is 16.3. The Labute approximate surface area is 135 Å². The highest BCUT2D eigenvalue weighted by molar-refractivity contribution is 5.77. The molecule has 1 atom stereocenters. The lowest BCUT2D eigenvalue weighted by atomic mass is 10.2. The van der Waals surface area contributed by atoms with Gasteiger partial charge in [0, 0.05) is 19.5 Å². The number of nitrogens with zero attached hydrogens (tertiary/aromatic N) is 1. The quantitative estimate of drug-likeness (QED) is 0.822. The van der Waals surface area contributed by atoms with E-state index >= 15 is 0 Å². The molecular formula is C17H21N3O3. The summed E-state index contributed by atoms with van der Waals surface area (Å²) >= 11 is 0. The zero-order valence-corrected chi connectivity index (χ0v) is 13.1. The summed E-state index contributed by atoms with van der Waals surface area (Å²) in [5, 5.41) is 2.87. The molecule has 1 unspecified atom stereocenters. The van der Waals surface area contributed by atoms with Gasteiger partial charge in [-0.2, -0.15) is 0 Å². The van der Waals surface area contributed by atoms with E-state index in [4.69, 9.17) is 10.2 Å². The standard InChI is InChI=1S/C17H21N3O3/c1-13(15-8-5-11-23-15)19-17(22)20(10-9-16(18)21)12-14-6-3-2-4-7-14/h2-8,11,13H,9-10,12H2,1H3,(H2,18,21)(H,19,22). The topological polar surface area (TPSA) is 88.6 Å². The summed E-state index contributed by atoms with van der Waals surface area (Å²) in [6.07, 6.45) is 1.68. The molecule has 0 aliphatic carbocycles. The molecule has 0 bridgehead atoms. The summed E-state index contributed by atoms with van der Waals surface area (Å²) in [4.78, 5) is 25.1. The number of nitrogens with one attached hydrogen (secondary N) is 1. The van der Waals surface area contributed by atoms with Gasteiger partial charge in [-0.05, 0) is 24.6 Å². The Balaban J connectivity index is 2.02. The summed E-state index contributed by atoms with van der Waals surface area (Å²) in [7, 11) is 0. The molecule has 0 saturated carbocycles. The Morgan fingerprint density at radius 1 is 1.22 bits per heavy atom. The van der Waals surface area contributed by atoms with Crippen LogP contribution < -0.4 is 11.1 Å². The van der Waals surface area contributed by atoms with E-state index in [1.54, 1.807) is 23.3 Å². The fraction of sp³-hybridized carbons (Fsp3) is 0.294. The van der Waals surface area contributed by atoms with Gasteiger partial charge in [0.05, 0.1) is 12.3 Å². The van der Waals surface area contributed by atoms with Crippen molar-refractivity contribution >= 4 is 11.9 Å². The van der Waals surface area contributed by atoms with Gasteiger partial charge in [-0.3, -0.25) is 4.79 Å². The van der Waals surface area contributed by atoms with Crippen molar-refractivity contribution in [3.05, 3.63) is 60.1 Å². The summed E-state index contributed by atoms with van der Waals surface area (Å²) < 4.78 is 5.29. The highest BCUT2D eigenvalue weighted by Crippen LogP contribution is 2.13. The number of amides is 3. The third kappa shape index (κ3) is 5.18. The molecule has 3 amide bonds. The summed E-state index contributed by atoms with van der Waals surface area (Å²) in [5.41, 5.74) is 6.18. The third-order valence-electron chi connectivity index (χ3n) is 3.44. The molecule has 1 heterocycles. The largest absolute Gasteiger partial charge is 0.467 e. The fourth-order valence-electron chi connectivity index (χ4n) is 2.19. The maximum Gasteiger partial charge on any atom is 0.318 e. The van der Waals surface area contributed by atoms with E-state index < -0.39 is 5.91 Å². The van der Waals surface area contributed by atoms with Gasteiger partial charge < -0.3 is 20.4 Å². The van der Waals surface area contributed by atoms with Crippen LogP contribution in [0.25, 0.3) is 0 Å². The molecular weight excluding hydrogens is 294 g/mol. The van der Waals surface area contributed by atoms with E-state index in [1.807, 2.05) is 37.3 Å². The van der Waals surface area contributed by atoms with Crippen LogP contribution in [-0.2, 0) is 11.3 Å². The Morgan fingerprint density at radius 3 is 2.57 bits per heavy atom. The van der Waals surface area contributed by atoms with E-state index in [-0.39, 0.29) is 25.0 Å². The molecule has 3 N–H and O–H groups in total. The predicted octanol–water partition coefficient (Wildman–Crippen LogP) is 2.43. The van der Waals surface area contributed by atoms with Crippen molar-refractivity contribution in [3.8, 4) is 0 Å². The van der Waals surface area contributed by atoms with Crippen molar-refractivity contribution in [1.29, 1.82) is 0 Å². The van der Waals surface area contributed by atoms with Crippen molar-refractivity contribution in [2.45, 2.75) is 25.9 Å². The fourth-order valence-corrected chi connectivity index (χ4v) is 2.19. The number of rotatable bonds is 7. The molecule has 6 nitrogen and oxygen atoms in total. The van der Waals surface area contributed by atoms with Gasteiger partial charge in [-0.1, -0.05) is 30.3 Å². The molecule has 0 aliphatic heterocycles. The van der Waals surface area contributed by atoms with E-state index in [1.165, 1.54) is 0 Å². The highest BCUT2D eigenvalue weighted by Gasteiger charge is 2.18. The molecule has 0 aliphatic rings. The second kappa shape index (κ2) is 8.03. The van der Waals surface area contributed by atoms with Gasteiger partial charge in [0.2, 0.25) is 5.91 Å². The third-order valence-corrected chi connectivity index (χ3v) is 3.44. The minimum Gasteiger partial charge on any atom is -0.467 e. The van der Waals surface area contributed by atoms with Crippen molar-refractivity contribution in [3.63, 3.8) is 0 Å². The first-order chi connectivity index (χ1) is 11.1. The van der Waals surface area contributed by atoms with Gasteiger partial charge in [0.25, 0.3) is 0 Å². The lowest BCUT2D eigenvalue weighted by molar-refractivity contribution is -0.118. The van der Waals surface area contributed by atoms with Gasteiger partial charge in [-0.15, -0.1) is 0 Å². The molecule has 0 radical (unpaired) electrons. The molecule has 2 aromatic rings. The molecule has 2 rings (SSSR count). The van der Waals surface area contributed by atoms with Crippen molar-refractivity contribution < 1.29 is 14.0 Å². The Kier molecular flexibility index (Phi) is 5.80. The van der Waals surface area contributed by atoms with Crippen LogP contribution in [0.15, 0.2) is 53.1 Å². The minimum absolute atomic E-state index is 0.120. The van der Waals surface area contributed by atoms with E-state index in [0.29, 0.717) is 12.3 Å². The van der Waals surface area contributed by atoms with E-state index in [2.05, 4.69) is 5.32 Å². The van der Waals surface area contributed by atoms with Gasteiger partial charge >= 0.3 is 6.03 Å². The summed E-state index contributed by atoms with van der Waals surface area (Å²) in [5.74, 6) is 0.239. The minimum atomic E-state index is -0.435. The summed E-state index contributed by atoms with van der Waals surface area (Å²) in [6, 6.07) is 12.6. The first-order valence-electron chi connectivity index (χ1n) is 7.47. The van der Waals surface area contributed by atoms with Gasteiger partial charge in [-0.25, -0.2) is 4.79 Å². The van der Waals surface area contributed by atoms with Crippen molar-refractivity contribution in [2.75, 3.05) is 6.54 Å². The SMILES string of the molecule is CC(NC(=O)N(CCC(N)=O)Cc1ccccc1)c1ccco1. The number of furan rings is 1. The number of hydrogen-bond donors (Lipinski definition) is 2. The number of benzene rings is 1. The van der Waals surface area contributed by atoms with Crippen LogP contribution in [-0.4, -0.2) is 23.4 Å².